The Labute approximate surface area is 157 Å². The average molecular weight is 396 g/mol. The van der Waals surface area contributed by atoms with E-state index in [1.807, 2.05) is 0 Å². The molecule has 148 valence electrons. The number of nitrogens with zero attached hydrogens (tertiary/aromatic N) is 5. The van der Waals surface area contributed by atoms with E-state index in [-0.39, 0.29) is 18.2 Å². The topological polar surface area (TPSA) is 88.8 Å². The Morgan fingerprint density at radius 2 is 1.96 bits per heavy atom. The second kappa shape index (κ2) is 7.89. The molecule has 3 heterocycles. The molecule has 1 unspecified atom stereocenters. The molecule has 11 heteroatoms. The number of pyridine rings is 2. The second-order valence-electron chi connectivity index (χ2n) is 6.10. The number of rotatable bonds is 6. The van der Waals surface area contributed by atoms with Gasteiger partial charge in [-0.3, -0.25) is 0 Å². The van der Waals surface area contributed by atoms with Gasteiger partial charge in [-0.05, 0) is 36.8 Å². The molecule has 3 rings (SSSR count). The van der Waals surface area contributed by atoms with Crippen LogP contribution in [0, 0.1) is 6.92 Å². The van der Waals surface area contributed by atoms with Crippen LogP contribution < -0.4 is 5.32 Å². The number of aliphatic hydroxyl groups is 1. The zero-order valence-corrected chi connectivity index (χ0v) is 14.7. The highest BCUT2D eigenvalue weighted by atomic mass is 19.4. The number of hydrogen-bond acceptors (Lipinski definition) is 6. The van der Waals surface area contributed by atoms with Gasteiger partial charge in [0.05, 0.1) is 24.0 Å². The molecular formula is C17H16F4N6O. The predicted octanol–water partition coefficient (Wildman–Crippen LogP) is 3.14. The first-order valence-electron chi connectivity index (χ1n) is 8.18. The SMILES string of the molecule is Cc1cc(Nc2cc(C(F)(F)F)ccn2)nc(-c2cn(CC(O)CF)nn2)c1. The van der Waals surface area contributed by atoms with Gasteiger partial charge in [0.2, 0.25) is 0 Å². The summed E-state index contributed by atoms with van der Waals surface area (Å²) in [7, 11) is 0. The van der Waals surface area contributed by atoms with E-state index in [1.54, 1.807) is 19.1 Å². The van der Waals surface area contributed by atoms with Gasteiger partial charge in [0.1, 0.15) is 30.1 Å². The minimum absolute atomic E-state index is 0.00593. The summed E-state index contributed by atoms with van der Waals surface area (Å²) in [5.74, 6) is 0.272. The minimum atomic E-state index is -4.48. The quantitative estimate of drug-likeness (QED) is 0.623. The minimum Gasteiger partial charge on any atom is -0.388 e. The molecule has 0 saturated carbocycles. The van der Waals surface area contributed by atoms with Gasteiger partial charge >= 0.3 is 6.18 Å². The van der Waals surface area contributed by atoms with Crippen LogP contribution in [-0.4, -0.2) is 42.8 Å². The van der Waals surface area contributed by atoms with E-state index in [4.69, 9.17) is 0 Å². The molecule has 0 aliphatic carbocycles. The summed E-state index contributed by atoms with van der Waals surface area (Å²) in [5.41, 5.74) is 0.732. The fourth-order valence-corrected chi connectivity index (χ4v) is 2.44. The van der Waals surface area contributed by atoms with Crippen molar-refractivity contribution < 1.29 is 22.7 Å². The molecule has 0 amide bonds. The highest BCUT2D eigenvalue weighted by Gasteiger charge is 2.30. The van der Waals surface area contributed by atoms with Gasteiger partial charge in [-0.2, -0.15) is 13.2 Å². The van der Waals surface area contributed by atoms with Crippen LogP contribution >= 0.6 is 0 Å². The molecular weight excluding hydrogens is 380 g/mol. The van der Waals surface area contributed by atoms with Crippen LogP contribution in [0.1, 0.15) is 11.1 Å². The van der Waals surface area contributed by atoms with Crippen molar-refractivity contribution in [1.29, 1.82) is 0 Å². The van der Waals surface area contributed by atoms with E-state index in [9.17, 15) is 22.7 Å². The Morgan fingerprint density at radius 3 is 2.68 bits per heavy atom. The monoisotopic (exact) mass is 396 g/mol. The fraction of sp³-hybridized carbons (Fsp3) is 0.294. The number of anilines is 2. The Balaban J connectivity index is 1.84. The number of aryl methyl sites for hydroxylation is 1. The van der Waals surface area contributed by atoms with Gasteiger partial charge < -0.3 is 10.4 Å². The maximum absolute atomic E-state index is 12.8. The molecule has 1 atom stereocenters. The molecule has 0 saturated heterocycles. The van der Waals surface area contributed by atoms with E-state index < -0.39 is 24.5 Å². The Bertz CT molecular complexity index is 959. The average Bonchev–Trinajstić information content (AvgIpc) is 3.09. The van der Waals surface area contributed by atoms with Crippen molar-refractivity contribution >= 4 is 11.6 Å². The van der Waals surface area contributed by atoms with Crippen molar-refractivity contribution in [1.82, 2.24) is 25.0 Å². The van der Waals surface area contributed by atoms with Gasteiger partial charge in [-0.1, -0.05) is 5.21 Å². The summed E-state index contributed by atoms with van der Waals surface area (Å²) in [5, 5.41) is 19.8. The van der Waals surface area contributed by atoms with E-state index in [2.05, 4.69) is 25.6 Å². The summed E-state index contributed by atoms with van der Waals surface area (Å²) in [6, 6.07) is 5.12. The molecule has 0 bridgehead atoms. The third kappa shape index (κ3) is 4.80. The van der Waals surface area contributed by atoms with Crippen LogP contribution in [0.5, 0.6) is 0 Å². The lowest BCUT2D eigenvalue weighted by molar-refractivity contribution is -0.137. The Hall–Kier alpha value is -3.08. The number of alkyl halides is 4. The molecule has 7 nitrogen and oxygen atoms in total. The van der Waals surface area contributed by atoms with Gasteiger partial charge in [0.15, 0.2) is 0 Å². The molecule has 0 aliphatic heterocycles. The largest absolute Gasteiger partial charge is 0.416 e. The molecule has 3 aromatic heterocycles. The summed E-state index contributed by atoms with van der Waals surface area (Å²) in [6.07, 6.45) is -3.12. The van der Waals surface area contributed by atoms with Gasteiger partial charge in [-0.25, -0.2) is 19.0 Å². The van der Waals surface area contributed by atoms with E-state index in [1.165, 1.54) is 10.9 Å². The fourth-order valence-electron chi connectivity index (χ4n) is 2.44. The lowest BCUT2D eigenvalue weighted by atomic mass is 10.2. The third-order valence-electron chi connectivity index (χ3n) is 3.69. The van der Waals surface area contributed by atoms with Crippen molar-refractivity contribution in [3.63, 3.8) is 0 Å². The number of hydrogen-bond donors (Lipinski definition) is 2. The Morgan fingerprint density at radius 1 is 1.18 bits per heavy atom. The summed E-state index contributed by atoms with van der Waals surface area (Å²) < 4.78 is 52.2. The van der Waals surface area contributed by atoms with Crippen LogP contribution in [0.2, 0.25) is 0 Å². The molecule has 0 spiro atoms. The molecule has 0 fully saturated rings. The van der Waals surface area contributed by atoms with Crippen LogP contribution in [0.15, 0.2) is 36.7 Å². The van der Waals surface area contributed by atoms with Crippen LogP contribution in [0.25, 0.3) is 11.4 Å². The van der Waals surface area contributed by atoms with Crippen molar-refractivity contribution in [3.8, 4) is 11.4 Å². The lowest BCUT2D eigenvalue weighted by Crippen LogP contribution is -2.18. The van der Waals surface area contributed by atoms with Crippen molar-refractivity contribution in [2.45, 2.75) is 25.7 Å². The molecule has 28 heavy (non-hydrogen) atoms. The van der Waals surface area contributed by atoms with Gasteiger partial charge in [0, 0.05) is 6.20 Å². The number of aromatic nitrogens is 5. The highest BCUT2D eigenvalue weighted by Crippen LogP contribution is 2.30. The van der Waals surface area contributed by atoms with Crippen molar-refractivity contribution in [2.75, 3.05) is 12.0 Å². The summed E-state index contributed by atoms with van der Waals surface area (Å²) in [6.45, 7) is 0.817. The summed E-state index contributed by atoms with van der Waals surface area (Å²) in [4.78, 5) is 8.20. The molecule has 0 aliphatic rings. The smallest absolute Gasteiger partial charge is 0.388 e. The molecule has 2 N–H and O–H groups in total. The number of nitrogens with one attached hydrogen (secondary N) is 1. The van der Waals surface area contributed by atoms with Gasteiger partial charge in [-0.15, -0.1) is 5.10 Å². The van der Waals surface area contributed by atoms with E-state index in [0.717, 1.165) is 23.9 Å². The van der Waals surface area contributed by atoms with Gasteiger partial charge in [0.25, 0.3) is 0 Å². The highest BCUT2D eigenvalue weighted by molar-refractivity contribution is 5.61. The molecule has 0 radical (unpaired) electrons. The zero-order valence-electron chi connectivity index (χ0n) is 14.7. The number of halogens is 4. The normalized spacial score (nSPS) is 12.8. The lowest BCUT2D eigenvalue weighted by Gasteiger charge is -2.10. The van der Waals surface area contributed by atoms with Crippen LogP contribution in [-0.2, 0) is 12.7 Å². The maximum atomic E-state index is 12.8. The Kier molecular flexibility index (Phi) is 5.54. The zero-order chi connectivity index (χ0) is 20.3. The first-order chi connectivity index (χ1) is 13.2. The summed E-state index contributed by atoms with van der Waals surface area (Å²) >= 11 is 0. The van der Waals surface area contributed by atoms with Crippen LogP contribution in [0.4, 0.5) is 29.2 Å². The third-order valence-corrected chi connectivity index (χ3v) is 3.69. The first-order valence-corrected chi connectivity index (χ1v) is 8.18. The van der Waals surface area contributed by atoms with Crippen molar-refractivity contribution in [2.24, 2.45) is 0 Å². The predicted molar refractivity (Wildman–Crippen MR) is 92.5 cm³/mol. The molecule has 3 aromatic rings. The van der Waals surface area contributed by atoms with Crippen LogP contribution in [0.3, 0.4) is 0 Å². The first kappa shape index (κ1) is 19.7. The van der Waals surface area contributed by atoms with E-state index in [0.29, 0.717) is 11.4 Å². The molecule has 0 aromatic carbocycles. The standard InChI is InChI=1S/C17H16F4N6O/c1-10-4-13(14-9-27(26-25-14)8-12(28)7-18)23-16(5-10)24-15-6-11(2-3-22-15)17(19,20)21/h2-6,9,12,28H,7-8H2,1H3,(H,22,23,24). The second-order valence-corrected chi connectivity index (χ2v) is 6.10. The number of aliphatic hydroxyl groups excluding tert-OH is 1. The van der Waals surface area contributed by atoms with Crippen molar-refractivity contribution in [3.05, 3.63) is 47.8 Å². The maximum Gasteiger partial charge on any atom is 0.416 e. The van der Waals surface area contributed by atoms with E-state index >= 15 is 0 Å².